The van der Waals surface area contributed by atoms with Gasteiger partial charge in [0.05, 0.1) is 0 Å². The van der Waals surface area contributed by atoms with E-state index < -0.39 is 0 Å². The van der Waals surface area contributed by atoms with E-state index in [4.69, 9.17) is 0 Å². The average molecular weight is 343 g/mol. The van der Waals surface area contributed by atoms with Crippen molar-refractivity contribution in [3.8, 4) is 0 Å². The Morgan fingerprint density at radius 1 is 0.240 bits per heavy atom. The van der Waals surface area contributed by atoms with E-state index in [-0.39, 0.29) is 17.4 Å². The van der Waals surface area contributed by atoms with Gasteiger partial charge in [0.15, 0.2) is 0 Å². The van der Waals surface area contributed by atoms with Crippen LogP contribution in [0.5, 0.6) is 0 Å². The number of hydrogen-bond acceptors (Lipinski definition) is 4. The molecule has 3 radical (unpaired) electrons. The van der Waals surface area contributed by atoms with Crippen LogP contribution >= 0.6 is 0 Å². The number of pyridine rings is 4. The summed E-state index contributed by atoms with van der Waals surface area (Å²) in [5.41, 5.74) is 0. The SMILES string of the molecule is [Al].c1ccncc1.c1ccncc1.c1ccncc1.c1ccncc1. The van der Waals surface area contributed by atoms with Crippen LogP contribution in [0.4, 0.5) is 0 Å². The number of aromatic nitrogens is 4. The van der Waals surface area contributed by atoms with E-state index in [1.807, 2.05) is 72.8 Å². The Hall–Kier alpha value is -2.87. The largest absolute Gasteiger partial charge is 0.265 e. The Labute approximate surface area is 159 Å². The maximum atomic E-state index is 3.78. The van der Waals surface area contributed by atoms with Crippen LogP contribution in [-0.4, -0.2) is 37.3 Å². The van der Waals surface area contributed by atoms with Crippen LogP contribution in [-0.2, 0) is 0 Å². The molecule has 25 heavy (non-hydrogen) atoms. The van der Waals surface area contributed by atoms with Crippen molar-refractivity contribution in [3.05, 3.63) is 122 Å². The fraction of sp³-hybridized carbons (Fsp3) is 0. The van der Waals surface area contributed by atoms with Gasteiger partial charge in [-0.3, -0.25) is 19.9 Å². The third kappa shape index (κ3) is 17.3. The van der Waals surface area contributed by atoms with Gasteiger partial charge in [-0.25, -0.2) is 0 Å². The van der Waals surface area contributed by atoms with Gasteiger partial charge in [0.2, 0.25) is 0 Å². The molecule has 0 unspecified atom stereocenters. The van der Waals surface area contributed by atoms with Gasteiger partial charge >= 0.3 is 0 Å². The van der Waals surface area contributed by atoms with Crippen LogP contribution in [0.3, 0.4) is 0 Å². The maximum absolute atomic E-state index is 3.78. The van der Waals surface area contributed by atoms with Gasteiger partial charge in [-0.1, -0.05) is 24.3 Å². The first-order chi connectivity index (χ1) is 12.0. The van der Waals surface area contributed by atoms with E-state index in [0.29, 0.717) is 0 Å². The molecule has 4 aromatic rings. The van der Waals surface area contributed by atoms with E-state index in [2.05, 4.69) is 19.9 Å². The fourth-order valence-electron chi connectivity index (χ4n) is 1.25. The third-order valence-corrected chi connectivity index (χ3v) is 2.27. The fourth-order valence-corrected chi connectivity index (χ4v) is 1.25. The van der Waals surface area contributed by atoms with Gasteiger partial charge in [-0.2, -0.15) is 0 Å². The van der Waals surface area contributed by atoms with Gasteiger partial charge in [0.1, 0.15) is 0 Å². The summed E-state index contributed by atoms with van der Waals surface area (Å²) in [6.07, 6.45) is 14.0. The van der Waals surface area contributed by atoms with Crippen molar-refractivity contribution < 1.29 is 0 Å². The highest BCUT2D eigenvalue weighted by molar-refractivity contribution is 5.75. The Kier molecular flexibility index (Phi) is 17.0. The normalized spacial score (nSPS) is 7.68. The van der Waals surface area contributed by atoms with Crippen LogP contribution in [0, 0.1) is 0 Å². The maximum Gasteiger partial charge on any atom is 0.0267 e. The lowest BCUT2D eigenvalue weighted by Gasteiger charge is -1.70. The van der Waals surface area contributed by atoms with Gasteiger partial charge in [0.25, 0.3) is 0 Å². The van der Waals surface area contributed by atoms with Crippen molar-refractivity contribution >= 4 is 17.4 Å². The Balaban J connectivity index is 0.000000303. The molecule has 5 heteroatoms. The predicted molar refractivity (Wildman–Crippen MR) is 103 cm³/mol. The zero-order valence-electron chi connectivity index (χ0n) is 13.9. The highest BCUT2D eigenvalue weighted by atomic mass is 27.0. The van der Waals surface area contributed by atoms with Crippen molar-refractivity contribution in [1.29, 1.82) is 0 Å². The summed E-state index contributed by atoms with van der Waals surface area (Å²) in [4.78, 5) is 15.1. The molecule has 4 aromatic heterocycles. The van der Waals surface area contributed by atoms with Crippen molar-refractivity contribution in [1.82, 2.24) is 19.9 Å². The molecule has 0 atom stereocenters. The molecule has 123 valence electrons. The minimum Gasteiger partial charge on any atom is -0.265 e. The van der Waals surface area contributed by atoms with Crippen molar-refractivity contribution in [2.24, 2.45) is 0 Å². The molecular weight excluding hydrogens is 323 g/mol. The number of hydrogen-bond donors (Lipinski definition) is 0. The summed E-state index contributed by atoms with van der Waals surface area (Å²) in [5.74, 6) is 0. The minimum absolute atomic E-state index is 0. The van der Waals surface area contributed by atoms with Crippen LogP contribution in [0.2, 0.25) is 0 Å². The average Bonchev–Trinajstić information content (AvgIpc) is 2.75. The zero-order valence-corrected chi connectivity index (χ0v) is 15.1. The highest BCUT2D eigenvalue weighted by Gasteiger charge is 1.60. The van der Waals surface area contributed by atoms with Crippen molar-refractivity contribution in [3.63, 3.8) is 0 Å². The summed E-state index contributed by atoms with van der Waals surface area (Å²) >= 11 is 0. The highest BCUT2D eigenvalue weighted by Crippen LogP contribution is 1.75. The molecular formula is C20H20AlN4. The second-order valence-electron chi connectivity index (χ2n) is 4.10. The molecule has 0 aliphatic heterocycles. The van der Waals surface area contributed by atoms with E-state index in [1.54, 1.807) is 49.6 Å². The molecule has 0 aliphatic rings. The first-order valence-electron chi connectivity index (χ1n) is 7.40. The second kappa shape index (κ2) is 19.2. The second-order valence-corrected chi connectivity index (χ2v) is 4.10. The molecule has 0 aromatic carbocycles. The predicted octanol–water partition coefficient (Wildman–Crippen LogP) is 3.95. The molecule has 4 nitrogen and oxygen atoms in total. The first-order valence-corrected chi connectivity index (χ1v) is 7.40. The summed E-state index contributed by atoms with van der Waals surface area (Å²) in [7, 11) is 0. The summed E-state index contributed by atoms with van der Waals surface area (Å²) in [5, 5.41) is 0. The van der Waals surface area contributed by atoms with Crippen molar-refractivity contribution in [2.75, 3.05) is 0 Å². The van der Waals surface area contributed by atoms with Crippen LogP contribution < -0.4 is 0 Å². The molecule has 4 heterocycles. The Morgan fingerprint density at radius 3 is 0.440 bits per heavy atom. The van der Waals surface area contributed by atoms with E-state index in [0.717, 1.165) is 0 Å². The lowest BCUT2D eigenvalue weighted by atomic mass is 10.5. The lowest BCUT2D eigenvalue weighted by molar-refractivity contribution is 1.33. The van der Waals surface area contributed by atoms with Crippen LogP contribution in [0.1, 0.15) is 0 Å². The minimum atomic E-state index is 0. The molecule has 0 amide bonds. The molecule has 0 aliphatic carbocycles. The first kappa shape index (κ1) is 22.1. The van der Waals surface area contributed by atoms with E-state index in [1.165, 1.54) is 0 Å². The molecule has 0 N–H and O–H groups in total. The molecule has 0 bridgehead atoms. The molecule has 0 spiro atoms. The van der Waals surface area contributed by atoms with Gasteiger partial charge in [0, 0.05) is 66.9 Å². The summed E-state index contributed by atoms with van der Waals surface area (Å²) < 4.78 is 0. The molecule has 0 saturated heterocycles. The van der Waals surface area contributed by atoms with Crippen molar-refractivity contribution in [2.45, 2.75) is 0 Å². The topological polar surface area (TPSA) is 51.6 Å². The number of rotatable bonds is 0. The molecule has 0 fully saturated rings. The van der Waals surface area contributed by atoms with E-state index in [9.17, 15) is 0 Å². The van der Waals surface area contributed by atoms with Crippen LogP contribution in [0.15, 0.2) is 122 Å². The monoisotopic (exact) mass is 343 g/mol. The van der Waals surface area contributed by atoms with E-state index >= 15 is 0 Å². The smallest absolute Gasteiger partial charge is 0.0267 e. The van der Waals surface area contributed by atoms with Gasteiger partial charge in [-0.15, -0.1) is 0 Å². The van der Waals surface area contributed by atoms with Gasteiger partial charge < -0.3 is 0 Å². The number of nitrogens with zero attached hydrogens (tertiary/aromatic N) is 4. The Bertz CT molecular complexity index is 436. The standard InChI is InChI=1S/4C5H5N.Al/c4*1-2-4-6-5-3-1;/h4*1-5H;. The summed E-state index contributed by atoms with van der Waals surface area (Å²) in [6, 6.07) is 22.9. The third-order valence-electron chi connectivity index (χ3n) is 2.27. The zero-order chi connectivity index (χ0) is 17.0. The van der Waals surface area contributed by atoms with Gasteiger partial charge in [-0.05, 0) is 48.5 Å². The lowest BCUT2D eigenvalue weighted by Crippen LogP contribution is -1.58. The Morgan fingerprint density at radius 2 is 0.400 bits per heavy atom. The van der Waals surface area contributed by atoms with Crippen LogP contribution in [0.25, 0.3) is 0 Å². The molecule has 0 saturated carbocycles. The summed E-state index contributed by atoms with van der Waals surface area (Å²) in [6.45, 7) is 0. The molecule has 4 rings (SSSR count). The quantitative estimate of drug-likeness (QED) is 0.454.